The zero-order valence-electron chi connectivity index (χ0n) is 13.6. The molecule has 0 aliphatic carbocycles. The monoisotopic (exact) mass is 313 g/mol. The van der Waals surface area contributed by atoms with Crippen molar-refractivity contribution in [2.24, 2.45) is 5.92 Å². The second-order valence-corrected chi connectivity index (χ2v) is 8.68. The van der Waals surface area contributed by atoms with Gasteiger partial charge in [-0.15, -0.1) is 0 Å². The van der Waals surface area contributed by atoms with E-state index in [0.717, 1.165) is 5.56 Å². The van der Waals surface area contributed by atoms with Gasteiger partial charge in [0.25, 0.3) is 0 Å². The Hall–Kier alpha value is -0.910. The topological polar surface area (TPSA) is 66.4 Å². The van der Waals surface area contributed by atoms with Gasteiger partial charge in [-0.05, 0) is 35.4 Å². The van der Waals surface area contributed by atoms with Gasteiger partial charge in [-0.2, -0.15) is 0 Å². The Morgan fingerprint density at radius 3 is 2.10 bits per heavy atom. The fraction of sp³-hybridized carbons (Fsp3) is 0.625. The van der Waals surface area contributed by atoms with Gasteiger partial charge in [-0.3, -0.25) is 0 Å². The van der Waals surface area contributed by atoms with Crippen LogP contribution in [-0.2, 0) is 15.4 Å². The molecule has 0 bridgehead atoms. The molecule has 0 fully saturated rings. The van der Waals surface area contributed by atoms with Gasteiger partial charge >= 0.3 is 0 Å². The number of nitrogens with one attached hydrogen (secondary N) is 1. The van der Waals surface area contributed by atoms with E-state index in [1.807, 2.05) is 26.0 Å². The Morgan fingerprint density at radius 2 is 1.67 bits per heavy atom. The van der Waals surface area contributed by atoms with Crippen LogP contribution in [0.5, 0.6) is 0 Å². The van der Waals surface area contributed by atoms with Crippen LogP contribution in [0.1, 0.15) is 46.6 Å². The van der Waals surface area contributed by atoms with Crippen LogP contribution in [0.2, 0.25) is 0 Å². The van der Waals surface area contributed by atoms with Gasteiger partial charge in [0.2, 0.25) is 10.0 Å². The summed E-state index contributed by atoms with van der Waals surface area (Å²) in [6.07, 6.45) is -0.0838. The number of aliphatic hydroxyl groups excluding tert-OH is 1. The molecule has 0 aliphatic heterocycles. The zero-order valence-corrected chi connectivity index (χ0v) is 14.4. The Morgan fingerprint density at radius 1 is 1.14 bits per heavy atom. The van der Waals surface area contributed by atoms with E-state index in [1.54, 1.807) is 12.1 Å². The number of hydrogen-bond acceptors (Lipinski definition) is 3. The van der Waals surface area contributed by atoms with Crippen LogP contribution in [0.15, 0.2) is 29.2 Å². The number of hydrogen-bond donors (Lipinski definition) is 2. The van der Waals surface area contributed by atoms with Crippen molar-refractivity contribution in [2.45, 2.75) is 57.5 Å². The standard InChI is InChI=1S/C16H27NO3S/c1-12(2)10-14(18)11-17-21(19,20)15-8-6-13(7-9-15)16(3,4)5/h6-9,12,14,17-18H,10-11H2,1-5H3. The maximum absolute atomic E-state index is 12.2. The molecule has 0 aromatic heterocycles. The first-order valence-electron chi connectivity index (χ1n) is 7.30. The summed E-state index contributed by atoms with van der Waals surface area (Å²) in [5.41, 5.74) is 1.07. The summed E-state index contributed by atoms with van der Waals surface area (Å²) in [4.78, 5) is 0.229. The highest BCUT2D eigenvalue weighted by molar-refractivity contribution is 7.89. The molecule has 1 aromatic carbocycles. The van der Waals surface area contributed by atoms with Crippen molar-refractivity contribution in [3.8, 4) is 0 Å². The van der Waals surface area contributed by atoms with Crippen LogP contribution >= 0.6 is 0 Å². The number of sulfonamides is 1. The van der Waals surface area contributed by atoms with Crippen molar-refractivity contribution in [1.82, 2.24) is 4.72 Å². The first-order chi connectivity index (χ1) is 9.52. The molecule has 2 N–H and O–H groups in total. The molecular formula is C16H27NO3S. The van der Waals surface area contributed by atoms with Gasteiger partial charge in [-0.1, -0.05) is 46.8 Å². The quantitative estimate of drug-likeness (QED) is 0.848. The van der Waals surface area contributed by atoms with Crippen molar-refractivity contribution in [1.29, 1.82) is 0 Å². The van der Waals surface area contributed by atoms with E-state index < -0.39 is 16.1 Å². The average molecular weight is 313 g/mol. The highest BCUT2D eigenvalue weighted by atomic mass is 32.2. The minimum atomic E-state index is -3.56. The molecular weight excluding hydrogens is 286 g/mol. The first kappa shape index (κ1) is 18.1. The number of benzene rings is 1. The lowest BCUT2D eigenvalue weighted by molar-refractivity contribution is 0.152. The Kier molecular flexibility index (Phi) is 5.96. The van der Waals surface area contributed by atoms with E-state index in [2.05, 4.69) is 25.5 Å². The Bertz CT molecular complexity index is 542. The van der Waals surface area contributed by atoms with Crippen LogP contribution in [0.3, 0.4) is 0 Å². The second-order valence-electron chi connectivity index (χ2n) is 6.91. The molecule has 0 heterocycles. The maximum atomic E-state index is 12.2. The molecule has 0 radical (unpaired) electrons. The molecule has 4 nitrogen and oxygen atoms in total. The Labute approximate surface area is 128 Å². The molecule has 0 aliphatic rings. The molecule has 0 saturated heterocycles. The molecule has 1 atom stereocenters. The van der Waals surface area contributed by atoms with Crippen molar-refractivity contribution in [2.75, 3.05) is 6.54 Å². The summed E-state index contributed by atoms with van der Waals surface area (Å²) in [6, 6.07) is 6.88. The molecule has 1 rings (SSSR count). The summed E-state index contributed by atoms with van der Waals surface area (Å²) in [5.74, 6) is 0.329. The first-order valence-corrected chi connectivity index (χ1v) is 8.79. The van der Waals surface area contributed by atoms with Gasteiger partial charge in [0, 0.05) is 6.54 Å². The van der Waals surface area contributed by atoms with E-state index in [9.17, 15) is 13.5 Å². The lowest BCUT2D eigenvalue weighted by Crippen LogP contribution is -2.32. The van der Waals surface area contributed by atoms with E-state index >= 15 is 0 Å². The SMILES string of the molecule is CC(C)CC(O)CNS(=O)(=O)c1ccc(C(C)(C)C)cc1. The van der Waals surface area contributed by atoms with Crippen LogP contribution < -0.4 is 4.72 Å². The summed E-state index contributed by atoms with van der Waals surface area (Å²) >= 11 is 0. The van der Waals surface area contributed by atoms with E-state index in [1.165, 1.54) is 0 Å². The normalized spacial score (nSPS) is 14.4. The van der Waals surface area contributed by atoms with Crippen LogP contribution in [0, 0.1) is 5.92 Å². The maximum Gasteiger partial charge on any atom is 0.240 e. The lowest BCUT2D eigenvalue weighted by Gasteiger charge is -2.19. The van der Waals surface area contributed by atoms with E-state index in [-0.39, 0.29) is 16.9 Å². The third kappa shape index (κ3) is 5.77. The smallest absolute Gasteiger partial charge is 0.240 e. The molecule has 21 heavy (non-hydrogen) atoms. The fourth-order valence-electron chi connectivity index (χ4n) is 2.05. The second kappa shape index (κ2) is 6.90. The summed E-state index contributed by atoms with van der Waals surface area (Å²) in [5, 5.41) is 9.75. The molecule has 0 amide bonds. The average Bonchev–Trinajstić information content (AvgIpc) is 2.35. The fourth-order valence-corrected chi connectivity index (χ4v) is 3.12. The van der Waals surface area contributed by atoms with Gasteiger partial charge in [0.05, 0.1) is 11.0 Å². The summed E-state index contributed by atoms with van der Waals surface area (Å²) < 4.78 is 26.8. The number of rotatable bonds is 6. The largest absolute Gasteiger partial charge is 0.392 e. The number of aliphatic hydroxyl groups is 1. The van der Waals surface area contributed by atoms with Gasteiger partial charge in [-0.25, -0.2) is 13.1 Å². The minimum absolute atomic E-state index is 0.0107. The highest BCUT2D eigenvalue weighted by Gasteiger charge is 2.18. The molecule has 0 saturated carbocycles. The van der Waals surface area contributed by atoms with Crippen LogP contribution in [0.25, 0.3) is 0 Å². The van der Waals surface area contributed by atoms with E-state index in [4.69, 9.17) is 0 Å². The predicted octanol–water partition coefficient (Wildman–Crippen LogP) is 2.67. The highest BCUT2D eigenvalue weighted by Crippen LogP contribution is 2.23. The van der Waals surface area contributed by atoms with Crippen molar-refractivity contribution >= 4 is 10.0 Å². The van der Waals surface area contributed by atoms with Crippen LogP contribution in [0.4, 0.5) is 0 Å². The van der Waals surface area contributed by atoms with Crippen molar-refractivity contribution in [3.05, 3.63) is 29.8 Å². The summed E-state index contributed by atoms with van der Waals surface area (Å²) in [6.45, 7) is 10.3. The Balaban J connectivity index is 2.75. The van der Waals surface area contributed by atoms with Gasteiger partial charge in [0.1, 0.15) is 0 Å². The molecule has 5 heteroatoms. The third-order valence-corrected chi connectivity index (χ3v) is 4.72. The van der Waals surface area contributed by atoms with E-state index in [0.29, 0.717) is 12.3 Å². The third-order valence-electron chi connectivity index (χ3n) is 3.28. The zero-order chi connectivity index (χ0) is 16.3. The van der Waals surface area contributed by atoms with Gasteiger partial charge < -0.3 is 5.11 Å². The van der Waals surface area contributed by atoms with Crippen molar-refractivity contribution in [3.63, 3.8) is 0 Å². The predicted molar refractivity (Wildman–Crippen MR) is 85.8 cm³/mol. The van der Waals surface area contributed by atoms with Gasteiger partial charge in [0.15, 0.2) is 0 Å². The molecule has 120 valence electrons. The molecule has 1 unspecified atom stereocenters. The summed E-state index contributed by atoms with van der Waals surface area (Å²) in [7, 11) is -3.56. The van der Waals surface area contributed by atoms with Crippen molar-refractivity contribution < 1.29 is 13.5 Å². The minimum Gasteiger partial charge on any atom is -0.392 e. The molecule has 1 aromatic rings. The lowest BCUT2D eigenvalue weighted by atomic mass is 9.87. The van der Waals surface area contributed by atoms with Crippen LogP contribution in [-0.4, -0.2) is 26.2 Å². The molecule has 0 spiro atoms.